The summed E-state index contributed by atoms with van der Waals surface area (Å²) in [6.45, 7) is 0. The molecule has 2 heterocycles. The molecule has 9 heteroatoms. The van der Waals surface area contributed by atoms with E-state index in [4.69, 9.17) is 0 Å². The molecule has 2 N–H and O–H groups in total. The number of rotatable bonds is 2. The van der Waals surface area contributed by atoms with Crippen LogP contribution in [0.3, 0.4) is 0 Å². The zero-order valence-electron chi connectivity index (χ0n) is 15.3. The number of carboxylic acids is 2. The molecule has 29 heavy (non-hydrogen) atoms. The molecule has 2 aliphatic carbocycles. The van der Waals surface area contributed by atoms with E-state index in [1.54, 1.807) is 24.3 Å². The second-order valence-electron chi connectivity index (χ2n) is 6.39. The monoisotopic (exact) mass is 444 g/mol. The maximum Gasteiger partial charge on any atom is 2.00 e. The molecule has 0 aromatic rings. The van der Waals surface area contributed by atoms with Gasteiger partial charge in [0, 0.05) is 0 Å². The summed E-state index contributed by atoms with van der Waals surface area (Å²) in [4.78, 5) is 43.8. The van der Waals surface area contributed by atoms with Crippen LogP contribution in [0.2, 0.25) is 0 Å². The predicted molar refractivity (Wildman–Crippen MR) is 93.7 cm³/mol. The van der Waals surface area contributed by atoms with E-state index in [9.17, 15) is 29.4 Å². The van der Waals surface area contributed by atoms with E-state index in [1.807, 2.05) is 0 Å². The van der Waals surface area contributed by atoms with E-state index >= 15 is 0 Å². The van der Waals surface area contributed by atoms with Gasteiger partial charge >= 0.3 is 19.5 Å². The number of fused-ring (bicyclic) bond motifs is 2. The van der Waals surface area contributed by atoms with Crippen LogP contribution in [-0.2, 0) is 38.7 Å². The SMILES string of the molecule is O=C([O-])C1=CC=C2CC=CC(=O)C2N1.O=C([O-])C1=CC=C2CC=CC(=O)C2N1.[Zn+2]. The molecule has 0 aromatic heterocycles. The number of ketones is 2. The zero-order valence-corrected chi connectivity index (χ0v) is 18.3. The molecule has 4 aliphatic rings. The summed E-state index contributed by atoms with van der Waals surface area (Å²) in [5.74, 6) is -2.81. The number of hydrogen-bond acceptors (Lipinski definition) is 8. The summed E-state index contributed by atoms with van der Waals surface area (Å²) in [6.07, 6.45) is 14.0. The van der Waals surface area contributed by atoms with Gasteiger partial charge in [0.15, 0.2) is 11.6 Å². The number of carbonyl (C=O) groups is 4. The van der Waals surface area contributed by atoms with Crippen molar-refractivity contribution in [3.8, 4) is 0 Å². The van der Waals surface area contributed by atoms with Crippen molar-refractivity contribution < 1.29 is 48.9 Å². The number of allylic oxidation sites excluding steroid dienone is 6. The molecule has 2 unspecified atom stereocenters. The fourth-order valence-corrected chi connectivity index (χ4v) is 3.11. The molecular formula is C20H16N2O6Zn. The molecule has 0 fully saturated rings. The standard InChI is InChI=1S/2C10H9NO3.Zn/c2*12-8-3-1-2-6-4-5-7(10(13)14)11-9(6)8;/h2*1,3-5,9,11H,2H2,(H,13,14);/q;;+2/p-2. The van der Waals surface area contributed by atoms with Crippen LogP contribution in [0.5, 0.6) is 0 Å². The minimum atomic E-state index is -1.29. The smallest absolute Gasteiger partial charge is 0.543 e. The van der Waals surface area contributed by atoms with Gasteiger partial charge in [0.1, 0.15) is 12.1 Å². The topological polar surface area (TPSA) is 138 Å². The Bertz CT molecular complexity index is 863. The van der Waals surface area contributed by atoms with E-state index < -0.39 is 24.0 Å². The third-order valence-electron chi connectivity index (χ3n) is 4.55. The Kier molecular flexibility index (Phi) is 7.23. The van der Waals surface area contributed by atoms with Crippen molar-refractivity contribution >= 4 is 23.5 Å². The Morgan fingerprint density at radius 1 is 0.759 bits per heavy atom. The van der Waals surface area contributed by atoms with Gasteiger partial charge in [-0.25, -0.2) is 0 Å². The molecule has 144 valence electrons. The summed E-state index contributed by atoms with van der Waals surface area (Å²) in [5, 5.41) is 26.3. The van der Waals surface area contributed by atoms with Crippen LogP contribution in [0.15, 0.2) is 71.1 Å². The Morgan fingerprint density at radius 3 is 1.48 bits per heavy atom. The largest absolute Gasteiger partial charge is 2.00 e. The van der Waals surface area contributed by atoms with Gasteiger partial charge in [-0.05, 0) is 48.3 Å². The van der Waals surface area contributed by atoms with Gasteiger partial charge in [-0.1, -0.05) is 24.3 Å². The van der Waals surface area contributed by atoms with Gasteiger partial charge in [0.25, 0.3) is 0 Å². The van der Waals surface area contributed by atoms with Crippen LogP contribution < -0.4 is 20.8 Å². The number of carboxylic acid groups (broad SMARTS) is 2. The van der Waals surface area contributed by atoms with E-state index in [0.717, 1.165) is 11.1 Å². The van der Waals surface area contributed by atoms with Crippen molar-refractivity contribution in [1.29, 1.82) is 0 Å². The summed E-state index contributed by atoms with van der Waals surface area (Å²) in [7, 11) is 0. The van der Waals surface area contributed by atoms with Crippen molar-refractivity contribution in [3.63, 3.8) is 0 Å². The Balaban J connectivity index is 0.000000200. The van der Waals surface area contributed by atoms with Crippen LogP contribution >= 0.6 is 0 Å². The van der Waals surface area contributed by atoms with E-state index in [2.05, 4.69) is 10.6 Å². The first kappa shape index (κ1) is 22.2. The van der Waals surface area contributed by atoms with Crippen molar-refractivity contribution in [2.45, 2.75) is 24.9 Å². The molecule has 8 nitrogen and oxygen atoms in total. The normalized spacial score (nSPS) is 23.7. The molecule has 0 aromatic carbocycles. The number of carbonyl (C=O) groups excluding carboxylic acids is 4. The average molecular weight is 446 g/mol. The molecule has 0 spiro atoms. The number of hydrogen-bond donors (Lipinski definition) is 2. The third kappa shape index (κ3) is 5.06. The van der Waals surface area contributed by atoms with E-state index in [-0.39, 0.29) is 42.4 Å². The fourth-order valence-electron chi connectivity index (χ4n) is 3.11. The second-order valence-corrected chi connectivity index (χ2v) is 6.39. The number of aliphatic carboxylic acids is 2. The van der Waals surface area contributed by atoms with Crippen LogP contribution in [0.25, 0.3) is 0 Å². The van der Waals surface area contributed by atoms with E-state index in [1.165, 1.54) is 24.3 Å². The zero-order chi connectivity index (χ0) is 20.3. The van der Waals surface area contributed by atoms with Crippen LogP contribution in [0, 0.1) is 0 Å². The minimum absolute atomic E-state index is 0. The quantitative estimate of drug-likeness (QED) is 0.470. The first-order valence-corrected chi connectivity index (χ1v) is 8.55. The molecule has 2 aliphatic heterocycles. The van der Waals surface area contributed by atoms with Gasteiger partial charge in [-0.2, -0.15) is 0 Å². The van der Waals surface area contributed by atoms with Gasteiger partial charge in [0.05, 0.1) is 23.3 Å². The Hall–Kier alpha value is -3.06. The molecule has 4 rings (SSSR count). The maximum atomic E-state index is 11.4. The molecule has 0 radical (unpaired) electrons. The van der Waals surface area contributed by atoms with Crippen molar-refractivity contribution in [1.82, 2.24) is 10.6 Å². The summed E-state index contributed by atoms with van der Waals surface area (Å²) in [5.41, 5.74) is 1.70. The number of dihydropyridines is 2. The van der Waals surface area contributed by atoms with Crippen LogP contribution in [-0.4, -0.2) is 35.6 Å². The summed E-state index contributed by atoms with van der Waals surface area (Å²) < 4.78 is 0. The Morgan fingerprint density at radius 2 is 1.14 bits per heavy atom. The van der Waals surface area contributed by atoms with Crippen LogP contribution in [0.1, 0.15) is 12.8 Å². The molecule has 2 atom stereocenters. The van der Waals surface area contributed by atoms with Gasteiger partial charge in [0.2, 0.25) is 0 Å². The second kappa shape index (κ2) is 9.43. The van der Waals surface area contributed by atoms with Gasteiger partial charge < -0.3 is 30.4 Å². The van der Waals surface area contributed by atoms with Crippen LogP contribution in [0.4, 0.5) is 0 Å². The maximum absolute atomic E-state index is 11.4. The third-order valence-corrected chi connectivity index (χ3v) is 4.55. The minimum Gasteiger partial charge on any atom is -0.543 e. The fraction of sp³-hybridized carbons (Fsp3) is 0.200. The van der Waals surface area contributed by atoms with Crippen molar-refractivity contribution in [3.05, 3.63) is 71.1 Å². The van der Waals surface area contributed by atoms with Crippen molar-refractivity contribution in [2.75, 3.05) is 0 Å². The Labute approximate surface area is 179 Å². The average Bonchev–Trinajstić information content (AvgIpc) is 2.68. The number of nitrogens with one attached hydrogen (secondary N) is 2. The first-order valence-electron chi connectivity index (χ1n) is 8.55. The predicted octanol–water partition coefficient (Wildman–Crippen LogP) is -1.91. The summed E-state index contributed by atoms with van der Waals surface area (Å²) >= 11 is 0. The van der Waals surface area contributed by atoms with Gasteiger partial charge in [-0.15, -0.1) is 0 Å². The molecular weight excluding hydrogens is 430 g/mol. The summed E-state index contributed by atoms with van der Waals surface area (Å²) in [6, 6.07) is -1.03. The van der Waals surface area contributed by atoms with E-state index in [0.29, 0.717) is 12.8 Å². The van der Waals surface area contributed by atoms with Crippen molar-refractivity contribution in [2.24, 2.45) is 0 Å². The first-order chi connectivity index (χ1) is 13.4. The molecule has 0 bridgehead atoms. The molecule has 0 saturated carbocycles. The van der Waals surface area contributed by atoms with Gasteiger partial charge in [-0.3, -0.25) is 9.59 Å². The molecule has 0 amide bonds. The molecule has 0 saturated heterocycles.